The van der Waals surface area contributed by atoms with Crippen LogP contribution in [-0.4, -0.2) is 30.8 Å². The molecule has 0 unspecified atom stereocenters. The highest BCUT2D eigenvalue weighted by Crippen LogP contribution is 2.20. The van der Waals surface area contributed by atoms with Crippen molar-refractivity contribution in [2.45, 2.75) is 6.92 Å². The molecule has 0 atom stereocenters. The number of nitrogens with one attached hydrogen (secondary N) is 2. The maximum atomic E-state index is 11.9. The van der Waals surface area contributed by atoms with E-state index in [2.05, 4.69) is 20.8 Å². The van der Waals surface area contributed by atoms with E-state index >= 15 is 0 Å². The molecule has 3 rings (SSSR count). The van der Waals surface area contributed by atoms with Gasteiger partial charge in [0.05, 0.1) is 25.4 Å². The molecule has 0 aliphatic rings. The van der Waals surface area contributed by atoms with E-state index in [1.807, 2.05) is 55.5 Å². The number of hydrazone groups is 1. The summed E-state index contributed by atoms with van der Waals surface area (Å²) in [6, 6.07) is 15.1. The van der Waals surface area contributed by atoms with Crippen LogP contribution >= 0.6 is 11.6 Å². The van der Waals surface area contributed by atoms with Crippen molar-refractivity contribution < 1.29 is 9.53 Å². The smallest absolute Gasteiger partial charge is 0.259 e. The van der Waals surface area contributed by atoms with Gasteiger partial charge in [0.1, 0.15) is 10.9 Å². The number of fused-ring (bicyclic) bond motifs is 1. The number of benzene rings is 2. The first-order chi connectivity index (χ1) is 13.0. The number of aryl methyl sites for hydroxylation is 1. The number of hydrogen-bond acceptors (Lipinski definition) is 5. The highest BCUT2D eigenvalue weighted by Gasteiger charge is 2.04. The van der Waals surface area contributed by atoms with Crippen LogP contribution in [0.3, 0.4) is 0 Å². The first kappa shape index (κ1) is 18.7. The van der Waals surface area contributed by atoms with E-state index in [9.17, 15) is 4.79 Å². The van der Waals surface area contributed by atoms with Crippen molar-refractivity contribution in [3.8, 4) is 5.75 Å². The third-order valence-corrected chi connectivity index (χ3v) is 4.19. The number of nitrogens with zero attached hydrogens (tertiary/aromatic N) is 2. The Morgan fingerprint density at radius 1 is 1.22 bits per heavy atom. The van der Waals surface area contributed by atoms with E-state index in [1.54, 1.807) is 7.11 Å². The van der Waals surface area contributed by atoms with Crippen molar-refractivity contribution in [2.24, 2.45) is 5.10 Å². The molecule has 0 spiro atoms. The van der Waals surface area contributed by atoms with Gasteiger partial charge in [-0.15, -0.1) is 0 Å². The lowest BCUT2D eigenvalue weighted by molar-refractivity contribution is -0.119. The van der Waals surface area contributed by atoms with Crippen LogP contribution in [0.15, 0.2) is 53.6 Å². The second-order valence-electron chi connectivity index (χ2n) is 5.94. The molecule has 1 heterocycles. The van der Waals surface area contributed by atoms with E-state index in [1.165, 1.54) is 6.21 Å². The van der Waals surface area contributed by atoms with Gasteiger partial charge >= 0.3 is 0 Å². The zero-order chi connectivity index (χ0) is 19.2. The normalized spacial score (nSPS) is 10.9. The maximum absolute atomic E-state index is 11.9. The first-order valence-corrected chi connectivity index (χ1v) is 8.69. The molecule has 0 fully saturated rings. The number of halogens is 1. The van der Waals surface area contributed by atoms with Gasteiger partial charge in [0.2, 0.25) is 0 Å². The van der Waals surface area contributed by atoms with Crippen LogP contribution in [-0.2, 0) is 4.79 Å². The van der Waals surface area contributed by atoms with E-state index in [0.29, 0.717) is 10.7 Å². The number of methoxy groups -OCH3 is 1. The minimum absolute atomic E-state index is 0.0899. The van der Waals surface area contributed by atoms with E-state index in [-0.39, 0.29) is 12.5 Å². The fourth-order valence-corrected chi connectivity index (χ4v) is 2.66. The number of ether oxygens (including phenoxy) is 1. The molecule has 3 aromatic rings. The second kappa shape index (κ2) is 8.51. The summed E-state index contributed by atoms with van der Waals surface area (Å²) in [5, 5.41) is 8.26. The zero-order valence-electron chi connectivity index (χ0n) is 15.0. The number of carbonyl (C=O) groups excluding carboxylic acids is 1. The highest BCUT2D eigenvalue weighted by atomic mass is 35.5. The Morgan fingerprint density at radius 3 is 2.74 bits per heavy atom. The number of pyridine rings is 1. The van der Waals surface area contributed by atoms with Gasteiger partial charge in [-0.2, -0.15) is 5.10 Å². The molecule has 7 heteroatoms. The summed E-state index contributed by atoms with van der Waals surface area (Å²) >= 11 is 6.20. The summed E-state index contributed by atoms with van der Waals surface area (Å²) in [6.07, 6.45) is 1.49. The lowest BCUT2D eigenvalue weighted by atomic mass is 10.1. The average Bonchev–Trinajstić information content (AvgIpc) is 2.67. The quantitative estimate of drug-likeness (QED) is 0.386. The molecule has 0 aliphatic heterocycles. The van der Waals surface area contributed by atoms with Crippen LogP contribution in [0.2, 0.25) is 5.15 Å². The van der Waals surface area contributed by atoms with Crippen LogP contribution in [0.4, 0.5) is 5.69 Å². The molecule has 138 valence electrons. The molecule has 6 nitrogen and oxygen atoms in total. The average molecular weight is 383 g/mol. The number of anilines is 1. The SMILES string of the molecule is COc1ccc(NCC(=O)N/N=C/c2cc3ccc(C)cc3nc2Cl)cc1. The second-order valence-corrected chi connectivity index (χ2v) is 6.30. The number of hydrogen-bond donors (Lipinski definition) is 2. The van der Waals surface area contributed by atoms with E-state index in [4.69, 9.17) is 16.3 Å². The lowest BCUT2D eigenvalue weighted by Crippen LogP contribution is -2.25. The van der Waals surface area contributed by atoms with Gasteiger partial charge in [0.25, 0.3) is 5.91 Å². The fraction of sp³-hybridized carbons (Fsp3) is 0.150. The zero-order valence-corrected chi connectivity index (χ0v) is 15.7. The Bertz CT molecular complexity index is 987. The lowest BCUT2D eigenvalue weighted by Gasteiger charge is -2.06. The Hall–Kier alpha value is -3.12. The number of aromatic nitrogens is 1. The van der Waals surface area contributed by atoms with Crippen molar-refractivity contribution in [3.63, 3.8) is 0 Å². The molecule has 2 aromatic carbocycles. The van der Waals surface area contributed by atoms with Crippen molar-refractivity contribution >= 4 is 40.3 Å². The summed E-state index contributed by atoms with van der Waals surface area (Å²) in [4.78, 5) is 16.3. The minimum atomic E-state index is -0.275. The van der Waals surface area contributed by atoms with Crippen LogP contribution < -0.4 is 15.5 Å². The highest BCUT2D eigenvalue weighted by molar-refractivity contribution is 6.32. The topological polar surface area (TPSA) is 75.6 Å². The molecular formula is C20H19ClN4O2. The van der Waals surface area contributed by atoms with Gasteiger partial charge in [-0.25, -0.2) is 10.4 Å². The van der Waals surface area contributed by atoms with Gasteiger partial charge in [-0.3, -0.25) is 4.79 Å². The van der Waals surface area contributed by atoms with Gasteiger partial charge in [-0.05, 0) is 48.9 Å². The molecule has 0 saturated heterocycles. The summed E-state index contributed by atoms with van der Waals surface area (Å²) < 4.78 is 5.09. The van der Waals surface area contributed by atoms with E-state index in [0.717, 1.165) is 27.9 Å². The Kier molecular flexibility index (Phi) is 5.88. The Labute approximate surface area is 162 Å². The summed E-state index contributed by atoms with van der Waals surface area (Å²) in [5.41, 5.74) is 5.85. The predicted octanol–water partition coefficient (Wildman–Crippen LogP) is 3.77. The van der Waals surface area contributed by atoms with Crippen LogP contribution in [0, 0.1) is 6.92 Å². The Morgan fingerprint density at radius 2 is 2.00 bits per heavy atom. The summed E-state index contributed by atoms with van der Waals surface area (Å²) in [7, 11) is 1.60. The van der Waals surface area contributed by atoms with Crippen LogP contribution in [0.1, 0.15) is 11.1 Å². The van der Waals surface area contributed by atoms with Gasteiger partial charge in [0, 0.05) is 16.6 Å². The molecule has 0 aliphatic carbocycles. The molecule has 0 radical (unpaired) electrons. The van der Waals surface area contributed by atoms with E-state index < -0.39 is 0 Å². The number of rotatable bonds is 6. The molecule has 1 aromatic heterocycles. The van der Waals surface area contributed by atoms with Crippen LogP contribution in [0.5, 0.6) is 5.75 Å². The van der Waals surface area contributed by atoms with Gasteiger partial charge < -0.3 is 10.1 Å². The van der Waals surface area contributed by atoms with Crippen molar-refractivity contribution in [1.82, 2.24) is 10.4 Å². The number of carbonyl (C=O) groups is 1. The minimum Gasteiger partial charge on any atom is -0.497 e. The van der Waals surface area contributed by atoms with Crippen LogP contribution in [0.25, 0.3) is 10.9 Å². The molecule has 0 saturated carbocycles. The summed E-state index contributed by atoms with van der Waals surface area (Å²) in [6.45, 7) is 2.09. The Balaban J connectivity index is 1.57. The standard InChI is InChI=1S/C20H19ClN4O2/c1-13-3-4-14-10-15(20(21)24-18(14)9-13)11-23-25-19(26)12-22-16-5-7-17(27-2)8-6-16/h3-11,22H,12H2,1-2H3,(H,25,26)/b23-11+. The van der Waals surface area contributed by atoms with Gasteiger partial charge in [-0.1, -0.05) is 23.7 Å². The van der Waals surface area contributed by atoms with Crippen molar-refractivity contribution in [2.75, 3.05) is 19.0 Å². The molecule has 1 amide bonds. The third-order valence-electron chi connectivity index (χ3n) is 3.89. The monoisotopic (exact) mass is 382 g/mol. The molecular weight excluding hydrogens is 364 g/mol. The van der Waals surface area contributed by atoms with Crippen molar-refractivity contribution in [1.29, 1.82) is 0 Å². The largest absolute Gasteiger partial charge is 0.497 e. The maximum Gasteiger partial charge on any atom is 0.259 e. The van der Waals surface area contributed by atoms with Crippen molar-refractivity contribution in [3.05, 3.63) is 64.8 Å². The fourth-order valence-electron chi connectivity index (χ4n) is 2.47. The number of amides is 1. The predicted molar refractivity (Wildman–Crippen MR) is 109 cm³/mol. The molecule has 2 N–H and O–H groups in total. The third kappa shape index (κ3) is 4.95. The molecule has 27 heavy (non-hydrogen) atoms. The molecule has 0 bridgehead atoms. The van der Waals surface area contributed by atoms with Gasteiger partial charge in [0.15, 0.2) is 0 Å². The first-order valence-electron chi connectivity index (χ1n) is 8.32. The summed E-state index contributed by atoms with van der Waals surface area (Å²) in [5.74, 6) is 0.480.